The minimum absolute atomic E-state index is 0.160. The second-order valence-corrected chi connectivity index (χ2v) is 4.00. The second kappa shape index (κ2) is 5.39. The fourth-order valence-electron chi connectivity index (χ4n) is 1.24. The fraction of sp³-hybridized carbons (Fsp3) is 0.417. The fourth-order valence-corrected chi connectivity index (χ4v) is 1.24. The molecule has 0 radical (unpaired) electrons. The topological polar surface area (TPSA) is 52.3 Å². The normalized spacial score (nSPS) is 10.3. The van der Waals surface area contributed by atoms with Crippen molar-refractivity contribution in [3.8, 4) is 0 Å². The van der Waals surface area contributed by atoms with Gasteiger partial charge in [0.05, 0.1) is 0 Å². The maximum atomic E-state index is 11.3. The molecule has 3 nitrogen and oxygen atoms in total. The number of hydrogen-bond donors (Lipinski definition) is 1. The minimum atomic E-state index is -0.160. The summed E-state index contributed by atoms with van der Waals surface area (Å²) in [6, 6.07) is 7.35. The first-order valence-electron chi connectivity index (χ1n) is 5.08. The largest absolute Gasteiger partial charge is 0.461 e. The predicted octanol–water partition coefficient (Wildman–Crippen LogP) is 2.36. The van der Waals surface area contributed by atoms with Gasteiger partial charge in [-0.3, -0.25) is 4.79 Å². The van der Waals surface area contributed by atoms with E-state index in [0.717, 1.165) is 5.56 Å². The molecule has 0 atom stereocenters. The van der Waals surface area contributed by atoms with Crippen LogP contribution in [-0.2, 0) is 16.1 Å². The van der Waals surface area contributed by atoms with Crippen molar-refractivity contribution < 1.29 is 9.53 Å². The van der Waals surface area contributed by atoms with Crippen LogP contribution in [0.15, 0.2) is 24.3 Å². The Labute approximate surface area is 90.2 Å². The van der Waals surface area contributed by atoms with Crippen LogP contribution >= 0.6 is 0 Å². The van der Waals surface area contributed by atoms with E-state index in [4.69, 9.17) is 10.5 Å². The van der Waals surface area contributed by atoms with E-state index in [1.165, 1.54) is 0 Å². The van der Waals surface area contributed by atoms with Crippen LogP contribution in [0.1, 0.15) is 25.8 Å². The zero-order valence-electron chi connectivity index (χ0n) is 9.19. The molecule has 1 aromatic rings. The first-order valence-corrected chi connectivity index (χ1v) is 5.08. The molecule has 0 fully saturated rings. The van der Waals surface area contributed by atoms with E-state index >= 15 is 0 Å². The molecule has 0 saturated heterocycles. The quantitative estimate of drug-likeness (QED) is 0.609. The SMILES string of the molecule is CC(C)CC(=O)OCc1cccc(N)c1. The van der Waals surface area contributed by atoms with Gasteiger partial charge in [-0.25, -0.2) is 0 Å². The van der Waals surface area contributed by atoms with Gasteiger partial charge in [-0.1, -0.05) is 26.0 Å². The Bertz CT molecular complexity index is 334. The van der Waals surface area contributed by atoms with Crippen molar-refractivity contribution in [1.29, 1.82) is 0 Å². The van der Waals surface area contributed by atoms with Crippen LogP contribution in [0, 0.1) is 5.92 Å². The van der Waals surface area contributed by atoms with Gasteiger partial charge in [0.25, 0.3) is 0 Å². The predicted molar refractivity (Wildman–Crippen MR) is 60.1 cm³/mol. The van der Waals surface area contributed by atoms with E-state index in [0.29, 0.717) is 24.6 Å². The Balaban J connectivity index is 2.40. The van der Waals surface area contributed by atoms with E-state index in [1.54, 1.807) is 6.07 Å². The maximum absolute atomic E-state index is 11.3. The summed E-state index contributed by atoms with van der Waals surface area (Å²) in [5.74, 6) is 0.172. The molecule has 0 aliphatic rings. The van der Waals surface area contributed by atoms with Crippen LogP contribution in [0.25, 0.3) is 0 Å². The summed E-state index contributed by atoms with van der Waals surface area (Å²) in [5, 5.41) is 0. The number of carbonyl (C=O) groups is 1. The van der Waals surface area contributed by atoms with Crippen LogP contribution in [-0.4, -0.2) is 5.97 Å². The number of carbonyl (C=O) groups excluding carboxylic acids is 1. The molecule has 0 heterocycles. The molecule has 0 aliphatic carbocycles. The zero-order chi connectivity index (χ0) is 11.3. The van der Waals surface area contributed by atoms with E-state index in [1.807, 2.05) is 32.0 Å². The number of ether oxygens (including phenoxy) is 1. The maximum Gasteiger partial charge on any atom is 0.306 e. The molecule has 1 rings (SSSR count). The number of esters is 1. The molecule has 0 bridgehead atoms. The van der Waals surface area contributed by atoms with Gasteiger partial charge in [0, 0.05) is 12.1 Å². The lowest BCUT2D eigenvalue weighted by molar-refractivity contribution is -0.145. The molecule has 1 aromatic carbocycles. The summed E-state index contributed by atoms with van der Waals surface area (Å²) >= 11 is 0. The first kappa shape index (κ1) is 11.6. The van der Waals surface area contributed by atoms with Crippen LogP contribution < -0.4 is 5.73 Å². The van der Waals surface area contributed by atoms with Gasteiger partial charge >= 0.3 is 5.97 Å². The molecule has 15 heavy (non-hydrogen) atoms. The molecule has 82 valence electrons. The van der Waals surface area contributed by atoms with Gasteiger partial charge in [0.2, 0.25) is 0 Å². The third-order valence-corrected chi connectivity index (χ3v) is 1.93. The van der Waals surface area contributed by atoms with Crippen molar-refractivity contribution in [2.75, 3.05) is 5.73 Å². The van der Waals surface area contributed by atoms with E-state index in [2.05, 4.69) is 0 Å². The standard InChI is InChI=1S/C12H17NO2/c1-9(2)6-12(14)15-8-10-4-3-5-11(13)7-10/h3-5,7,9H,6,8,13H2,1-2H3. The highest BCUT2D eigenvalue weighted by atomic mass is 16.5. The monoisotopic (exact) mass is 207 g/mol. The third-order valence-electron chi connectivity index (χ3n) is 1.93. The molecule has 0 aliphatic heterocycles. The number of nitrogens with two attached hydrogens (primary N) is 1. The molecule has 0 unspecified atom stereocenters. The van der Waals surface area contributed by atoms with Gasteiger partial charge in [-0.15, -0.1) is 0 Å². The Morgan fingerprint density at radius 2 is 2.20 bits per heavy atom. The van der Waals surface area contributed by atoms with Gasteiger partial charge in [0.1, 0.15) is 6.61 Å². The summed E-state index contributed by atoms with van der Waals surface area (Å²) in [7, 11) is 0. The number of benzene rings is 1. The van der Waals surface area contributed by atoms with Crippen molar-refractivity contribution in [2.45, 2.75) is 26.9 Å². The highest BCUT2D eigenvalue weighted by Crippen LogP contribution is 2.09. The van der Waals surface area contributed by atoms with Crippen LogP contribution in [0.2, 0.25) is 0 Å². The molecule has 0 spiro atoms. The lowest BCUT2D eigenvalue weighted by atomic mass is 10.1. The minimum Gasteiger partial charge on any atom is -0.461 e. The molecule has 0 aromatic heterocycles. The Kier molecular flexibility index (Phi) is 4.16. The van der Waals surface area contributed by atoms with E-state index in [9.17, 15) is 4.79 Å². The van der Waals surface area contributed by atoms with Gasteiger partial charge in [0.15, 0.2) is 0 Å². The highest BCUT2D eigenvalue weighted by Gasteiger charge is 2.06. The molecule has 3 heteroatoms. The lowest BCUT2D eigenvalue weighted by Gasteiger charge is -2.06. The van der Waals surface area contributed by atoms with E-state index < -0.39 is 0 Å². The molecule has 0 saturated carbocycles. The molecular formula is C12H17NO2. The van der Waals surface area contributed by atoms with Gasteiger partial charge in [-0.2, -0.15) is 0 Å². The van der Waals surface area contributed by atoms with Crippen molar-refractivity contribution >= 4 is 11.7 Å². The Morgan fingerprint density at radius 1 is 1.47 bits per heavy atom. The van der Waals surface area contributed by atoms with Crippen LogP contribution in [0.4, 0.5) is 5.69 Å². The zero-order valence-corrected chi connectivity index (χ0v) is 9.19. The number of nitrogen functional groups attached to an aromatic ring is 1. The van der Waals surface area contributed by atoms with Crippen molar-refractivity contribution in [2.24, 2.45) is 5.92 Å². The average Bonchev–Trinajstić information content (AvgIpc) is 2.14. The summed E-state index contributed by atoms with van der Waals surface area (Å²) in [5.41, 5.74) is 7.22. The Hall–Kier alpha value is -1.51. The van der Waals surface area contributed by atoms with Crippen molar-refractivity contribution in [3.05, 3.63) is 29.8 Å². The van der Waals surface area contributed by atoms with Crippen LogP contribution in [0.3, 0.4) is 0 Å². The van der Waals surface area contributed by atoms with Crippen molar-refractivity contribution in [1.82, 2.24) is 0 Å². The molecular weight excluding hydrogens is 190 g/mol. The summed E-state index contributed by atoms with van der Waals surface area (Å²) < 4.78 is 5.10. The number of anilines is 1. The average molecular weight is 207 g/mol. The van der Waals surface area contributed by atoms with Gasteiger partial charge in [-0.05, 0) is 23.6 Å². The number of rotatable bonds is 4. The van der Waals surface area contributed by atoms with E-state index in [-0.39, 0.29) is 5.97 Å². The molecule has 0 amide bonds. The van der Waals surface area contributed by atoms with Gasteiger partial charge < -0.3 is 10.5 Å². The van der Waals surface area contributed by atoms with Crippen molar-refractivity contribution in [3.63, 3.8) is 0 Å². The summed E-state index contributed by atoms with van der Waals surface area (Å²) in [6.07, 6.45) is 0.461. The number of hydrogen-bond acceptors (Lipinski definition) is 3. The second-order valence-electron chi connectivity index (χ2n) is 4.00. The lowest BCUT2D eigenvalue weighted by Crippen LogP contribution is -2.07. The van der Waals surface area contributed by atoms with Crippen LogP contribution in [0.5, 0.6) is 0 Å². The summed E-state index contributed by atoms with van der Waals surface area (Å²) in [4.78, 5) is 11.3. The smallest absolute Gasteiger partial charge is 0.306 e. The Morgan fingerprint density at radius 3 is 2.80 bits per heavy atom. The third kappa shape index (κ3) is 4.49. The molecule has 2 N–H and O–H groups in total. The highest BCUT2D eigenvalue weighted by molar-refractivity contribution is 5.69. The summed E-state index contributed by atoms with van der Waals surface area (Å²) in [6.45, 7) is 4.28. The first-order chi connectivity index (χ1) is 7.08.